The maximum Gasteiger partial charge on any atom is 0.323 e. The zero-order valence-electron chi connectivity index (χ0n) is 10.4. The second-order valence-electron chi connectivity index (χ2n) is 3.97. The summed E-state index contributed by atoms with van der Waals surface area (Å²) < 4.78 is 0. The zero-order chi connectivity index (χ0) is 15.3. The molecule has 0 aliphatic rings. The molecule has 0 aliphatic carbocycles. The van der Waals surface area contributed by atoms with Gasteiger partial charge in [0.1, 0.15) is 13.1 Å². The van der Waals surface area contributed by atoms with Crippen molar-refractivity contribution in [2.45, 2.75) is 0 Å². The van der Waals surface area contributed by atoms with Crippen LogP contribution < -0.4 is 11.5 Å². The number of carbonyl (C=O) groups excluding carboxylic acids is 3. The smallest absolute Gasteiger partial charge is 0.323 e. The second-order valence-corrected chi connectivity index (χ2v) is 3.97. The molecule has 0 bridgehead atoms. The van der Waals surface area contributed by atoms with E-state index < -0.39 is 36.8 Å². The highest BCUT2D eigenvalue weighted by molar-refractivity contribution is 6.01. The molecule has 1 aromatic carbocycles. The van der Waals surface area contributed by atoms with Gasteiger partial charge in [-0.1, -0.05) is 6.07 Å². The van der Waals surface area contributed by atoms with E-state index >= 15 is 0 Å². The first-order chi connectivity index (χ1) is 9.31. The lowest BCUT2D eigenvalue weighted by atomic mass is 10.1. The van der Waals surface area contributed by atoms with E-state index in [0.29, 0.717) is 0 Å². The number of nitrogens with two attached hydrogens (primary N) is 2. The van der Waals surface area contributed by atoms with Crippen molar-refractivity contribution in [2.75, 3.05) is 13.1 Å². The van der Waals surface area contributed by atoms with Crippen LogP contribution in [-0.4, -0.2) is 46.8 Å². The predicted molar refractivity (Wildman–Crippen MR) is 67.7 cm³/mol. The fourth-order valence-corrected chi connectivity index (χ4v) is 1.54. The highest BCUT2D eigenvalue weighted by Crippen LogP contribution is 2.08. The number of benzene rings is 1. The Morgan fingerprint density at radius 3 is 2.15 bits per heavy atom. The molecule has 0 saturated carbocycles. The number of aliphatic carboxylic acids is 1. The van der Waals surface area contributed by atoms with Crippen LogP contribution >= 0.6 is 0 Å². The molecule has 8 heteroatoms. The third-order valence-electron chi connectivity index (χ3n) is 2.35. The van der Waals surface area contributed by atoms with E-state index in [1.165, 1.54) is 24.3 Å². The van der Waals surface area contributed by atoms with Gasteiger partial charge in [-0.2, -0.15) is 0 Å². The van der Waals surface area contributed by atoms with Crippen molar-refractivity contribution >= 4 is 23.7 Å². The number of amides is 3. The van der Waals surface area contributed by atoms with Gasteiger partial charge in [-0.15, -0.1) is 0 Å². The standard InChI is InChI=1S/C12H13N3O5/c13-9(16)5-15(6-10(17)18)12(20)8-3-1-2-7(4-8)11(14)19/h1-4H,5-6H2,(H2,13,16)(H2,14,19)(H,17,18). The van der Waals surface area contributed by atoms with E-state index in [1.54, 1.807) is 0 Å². The maximum atomic E-state index is 12.1. The van der Waals surface area contributed by atoms with Crippen molar-refractivity contribution in [1.29, 1.82) is 0 Å². The summed E-state index contributed by atoms with van der Waals surface area (Å²) in [7, 11) is 0. The van der Waals surface area contributed by atoms with Crippen molar-refractivity contribution in [1.82, 2.24) is 4.90 Å². The fourth-order valence-electron chi connectivity index (χ4n) is 1.54. The molecule has 20 heavy (non-hydrogen) atoms. The van der Waals surface area contributed by atoms with Gasteiger partial charge in [-0.3, -0.25) is 19.2 Å². The predicted octanol–water partition coefficient (Wildman–Crippen LogP) is -1.20. The summed E-state index contributed by atoms with van der Waals surface area (Å²) in [6.45, 7) is -1.21. The largest absolute Gasteiger partial charge is 0.480 e. The fraction of sp³-hybridized carbons (Fsp3) is 0.167. The molecule has 106 valence electrons. The molecule has 0 atom stereocenters. The summed E-state index contributed by atoms with van der Waals surface area (Å²) in [5.41, 5.74) is 10.2. The van der Waals surface area contributed by atoms with Gasteiger partial charge < -0.3 is 21.5 Å². The number of rotatable bonds is 6. The van der Waals surface area contributed by atoms with Crippen molar-refractivity contribution < 1.29 is 24.3 Å². The van der Waals surface area contributed by atoms with Crippen LogP contribution in [0.5, 0.6) is 0 Å². The average molecular weight is 279 g/mol. The van der Waals surface area contributed by atoms with Gasteiger partial charge in [0.05, 0.1) is 0 Å². The van der Waals surface area contributed by atoms with Crippen molar-refractivity contribution in [3.8, 4) is 0 Å². The van der Waals surface area contributed by atoms with E-state index in [-0.39, 0.29) is 11.1 Å². The van der Waals surface area contributed by atoms with Crippen LogP contribution in [0.1, 0.15) is 20.7 Å². The van der Waals surface area contributed by atoms with Gasteiger partial charge in [0.2, 0.25) is 11.8 Å². The number of carbonyl (C=O) groups is 4. The Balaban J connectivity index is 3.04. The summed E-state index contributed by atoms with van der Waals surface area (Å²) in [6.07, 6.45) is 0. The van der Waals surface area contributed by atoms with Gasteiger partial charge in [0, 0.05) is 11.1 Å². The lowest BCUT2D eigenvalue weighted by molar-refractivity contribution is -0.138. The summed E-state index contributed by atoms with van der Waals surface area (Å²) in [5.74, 6) is -3.58. The second kappa shape index (κ2) is 6.32. The molecule has 0 saturated heterocycles. The van der Waals surface area contributed by atoms with Crippen molar-refractivity contribution in [3.63, 3.8) is 0 Å². The van der Waals surface area contributed by atoms with Crippen LogP contribution in [0, 0.1) is 0 Å². The zero-order valence-corrected chi connectivity index (χ0v) is 10.4. The minimum atomic E-state index is -1.29. The Hall–Kier alpha value is -2.90. The molecule has 0 heterocycles. The molecule has 3 amide bonds. The highest BCUT2D eigenvalue weighted by Gasteiger charge is 2.20. The Bertz CT molecular complexity index is 554. The summed E-state index contributed by atoms with van der Waals surface area (Å²) in [4.78, 5) is 45.4. The van der Waals surface area contributed by atoms with Gasteiger partial charge in [0.25, 0.3) is 5.91 Å². The first-order valence-electron chi connectivity index (χ1n) is 5.50. The number of hydrogen-bond acceptors (Lipinski definition) is 4. The topological polar surface area (TPSA) is 144 Å². The molecule has 0 aromatic heterocycles. The third kappa shape index (κ3) is 4.09. The molecule has 0 spiro atoms. The van der Waals surface area contributed by atoms with E-state index in [2.05, 4.69) is 0 Å². The Morgan fingerprint density at radius 1 is 1.05 bits per heavy atom. The van der Waals surface area contributed by atoms with Gasteiger partial charge in [-0.25, -0.2) is 0 Å². The molecule has 0 unspecified atom stereocenters. The van der Waals surface area contributed by atoms with Gasteiger partial charge >= 0.3 is 5.97 Å². The highest BCUT2D eigenvalue weighted by atomic mass is 16.4. The summed E-state index contributed by atoms with van der Waals surface area (Å²) >= 11 is 0. The number of carboxylic acid groups (broad SMARTS) is 1. The number of primary amides is 2. The van der Waals surface area contributed by atoms with E-state index in [9.17, 15) is 19.2 Å². The number of nitrogens with zero attached hydrogens (tertiary/aromatic N) is 1. The minimum absolute atomic E-state index is 0.0452. The lowest BCUT2D eigenvalue weighted by Crippen LogP contribution is -2.41. The molecule has 8 nitrogen and oxygen atoms in total. The van der Waals surface area contributed by atoms with Crippen LogP contribution in [0.2, 0.25) is 0 Å². The Labute approximate surface area is 114 Å². The average Bonchev–Trinajstić information content (AvgIpc) is 2.36. The summed E-state index contributed by atoms with van der Waals surface area (Å²) in [6, 6.07) is 5.44. The molecule has 1 rings (SSSR count). The first kappa shape index (κ1) is 15.2. The summed E-state index contributed by atoms with van der Waals surface area (Å²) in [5, 5.41) is 8.72. The maximum absolute atomic E-state index is 12.1. The van der Waals surface area contributed by atoms with Crippen LogP contribution in [0.4, 0.5) is 0 Å². The number of hydrogen-bond donors (Lipinski definition) is 3. The van der Waals surface area contributed by atoms with Gasteiger partial charge in [0.15, 0.2) is 0 Å². The van der Waals surface area contributed by atoms with Crippen LogP contribution in [0.3, 0.4) is 0 Å². The third-order valence-corrected chi connectivity index (χ3v) is 2.35. The number of carboxylic acids is 1. The quantitative estimate of drug-likeness (QED) is 0.599. The van der Waals surface area contributed by atoms with Crippen LogP contribution in [-0.2, 0) is 9.59 Å². The molecular formula is C12H13N3O5. The molecule has 0 aliphatic heterocycles. The van der Waals surface area contributed by atoms with Gasteiger partial charge in [-0.05, 0) is 18.2 Å². The Kier molecular flexibility index (Phi) is 4.79. The molecule has 0 radical (unpaired) electrons. The Morgan fingerprint density at radius 2 is 1.65 bits per heavy atom. The monoisotopic (exact) mass is 279 g/mol. The van der Waals surface area contributed by atoms with E-state index in [0.717, 1.165) is 4.90 Å². The first-order valence-corrected chi connectivity index (χ1v) is 5.50. The van der Waals surface area contributed by atoms with Crippen molar-refractivity contribution in [2.24, 2.45) is 11.5 Å². The van der Waals surface area contributed by atoms with E-state index in [4.69, 9.17) is 16.6 Å². The molecule has 5 N–H and O–H groups in total. The minimum Gasteiger partial charge on any atom is -0.480 e. The van der Waals surface area contributed by atoms with E-state index in [1.807, 2.05) is 0 Å². The van der Waals surface area contributed by atoms with Crippen molar-refractivity contribution in [3.05, 3.63) is 35.4 Å². The normalized spacial score (nSPS) is 9.80. The lowest BCUT2D eigenvalue weighted by Gasteiger charge is -2.19. The SMILES string of the molecule is NC(=O)CN(CC(=O)O)C(=O)c1cccc(C(N)=O)c1. The van der Waals surface area contributed by atoms with Crippen LogP contribution in [0.15, 0.2) is 24.3 Å². The molecule has 1 aromatic rings. The van der Waals surface area contributed by atoms with Crippen LogP contribution in [0.25, 0.3) is 0 Å². The molecular weight excluding hydrogens is 266 g/mol. The molecule has 0 fully saturated rings.